The van der Waals surface area contributed by atoms with Gasteiger partial charge in [0.05, 0.1) is 12.7 Å². The van der Waals surface area contributed by atoms with E-state index in [2.05, 4.69) is 26.0 Å². The third-order valence-electron chi connectivity index (χ3n) is 3.32. The Hall–Kier alpha value is -2.47. The van der Waals surface area contributed by atoms with Crippen LogP contribution in [0.3, 0.4) is 0 Å². The maximum absolute atomic E-state index is 8.98. The van der Waals surface area contributed by atoms with Crippen LogP contribution in [0, 0.1) is 11.3 Å². The predicted octanol–water partition coefficient (Wildman–Crippen LogP) is 4.27. The molecular weight excluding hydrogens is 262 g/mol. The molecule has 0 aliphatic rings. The number of hydrogen-bond donors (Lipinski definition) is 0. The summed E-state index contributed by atoms with van der Waals surface area (Å²) < 4.78 is 11.1. The van der Waals surface area contributed by atoms with Crippen molar-refractivity contribution in [3.05, 3.63) is 59.2 Å². The van der Waals surface area contributed by atoms with Crippen molar-refractivity contribution in [1.29, 1.82) is 5.26 Å². The van der Waals surface area contributed by atoms with Crippen molar-refractivity contribution >= 4 is 0 Å². The number of benzene rings is 2. The van der Waals surface area contributed by atoms with Crippen LogP contribution in [0.1, 0.15) is 36.5 Å². The van der Waals surface area contributed by atoms with Crippen LogP contribution < -0.4 is 9.47 Å². The highest BCUT2D eigenvalue weighted by atomic mass is 16.5. The van der Waals surface area contributed by atoms with Crippen LogP contribution in [-0.4, -0.2) is 7.11 Å². The topological polar surface area (TPSA) is 42.2 Å². The van der Waals surface area contributed by atoms with Gasteiger partial charge in [-0.1, -0.05) is 38.1 Å². The molecule has 0 unspecified atom stereocenters. The summed E-state index contributed by atoms with van der Waals surface area (Å²) in [6.45, 7) is 4.74. The molecule has 0 radical (unpaired) electrons. The van der Waals surface area contributed by atoms with Crippen molar-refractivity contribution in [2.24, 2.45) is 0 Å². The zero-order valence-electron chi connectivity index (χ0n) is 12.6. The molecule has 0 spiro atoms. The van der Waals surface area contributed by atoms with Gasteiger partial charge in [-0.05, 0) is 35.2 Å². The summed E-state index contributed by atoms with van der Waals surface area (Å²) in [5.74, 6) is 1.89. The van der Waals surface area contributed by atoms with Crippen molar-refractivity contribution in [3.8, 4) is 17.6 Å². The molecule has 3 heteroatoms. The Morgan fingerprint density at radius 1 is 1.10 bits per heavy atom. The Morgan fingerprint density at radius 2 is 1.86 bits per heavy atom. The standard InChI is InChI=1S/C18H19NO2/c1-13(2)16-6-4-5-7-17(16)21-12-14-8-9-15(11-19)18(10-14)20-3/h4-10,13H,12H2,1-3H3. The van der Waals surface area contributed by atoms with E-state index in [4.69, 9.17) is 14.7 Å². The summed E-state index contributed by atoms with van der Waals surface area (Å²) in [5.41, 5.74) is 2.70. The minimum Gasteiger partial charge on any atom is -0.495 e. The summed E-state index contributed by atoms with van der Waals surface area (Å²) in [6.07, 6.45) is 0. The van der Waals surface area contributed by atoms with Crippen molar-refractivity contribution in [1.82, 2.24) is 0 Å². The lowest BCUT2D eigenvalue weighted by Crippen LogP contribution is -2.00. The molecule has 2 aromatic carbocycles. The van der Waals surface area contributed by atoms with Crippen LogP contribution in [0.15, 0.2) is 42.5 Å². The van der Waals surface area contributed by atoms with Gasteiger partial charge in [-0.15, -0.1) is 0 Å². The quantitative estimate of drug-likeness (QED) is 0.822. The van der Waals surface area contributed by atoms with E-state index in [1.54, 1.807) is 13.2 Å². The van der Waals surface area contributed by atoms with Crippen LogP contribution in [-0.2, 0) is 6.61 Å². The van der Waals surface area contributed by atoms with Gasteiger partial charge in [-0.3, -0.25) is 0 Å². The molecule has 108 valence electrons. The molecule has 0 heterocycles. The van der Waals surface area contributed by atoms with Crippen LogP contribution in [0.25, 0.3) is 0 Å². The minimum atomic E-state index is 0.414. The van der Waals surface area contributed by atoms with E-state index >= 15 is 0 Å². The third-order valence-corrected chi connectivity index (χ3v) is 3.32. The first-order valence-corrected chi connectivity index (χ1v) is 6.94. The van der Waals surface area contributed by atoms with E-state index in [0.29, 0.717) is 23.8 Å². The van der Waals surface area contributed by atoms with Crippen molar-refractivity contribution in [3.63, 3.8) is 0 Å². The fourth-order valence-corrected chi connectivity index (χ4v) is 2.17. The minimum absolute atomic E-state index is 0.414. The molecule has 0 aromatic heterocycles. The first-order valence-electron chi connectivity index (χ1n) is 6.94. The molecule has 0 atom stereocenters. The van der Waals surface area contributed by atoms with Gasteiger partial charge in [0.15, 0.2) is 0 Å². The second-order valence-electron chi connectivity index (χ2n) is 5.13. The summed E-state index contributed by atoms with van der Waals surface area (Å²) in [6, 6.07) is 15.7. The predicted molar refractivity (Wildman–Crippen MR) is 82.6 cm³/mol. The molecule has 0 aliphatic carbocycles. The number of nitrogens with zero attached hydrogens (tertiary/aromatic N) is 1. The lowest BCUT2D eigenvalue weighted by Gasteiger charge is -2.14. The maximum atomic E-state index is 8.98. The lowest BCUT2D eigenvalue weighted by molar-refractivity contribution is 0.301. The van der Waals surface area contributed by atoms with E-state index < -0.39 is 0 Å². The largest absolute Gasteiger partial charge is 0.495 e. The van der Waals surface area contributed by atoms with Crippen LogP contribution in [0.5, 0.6) is 11.5 Å². The Morgan fingerprint density at radius 3 is 2.52 bits per heavy atom. The molecule has 0 bridgehead atoms. The Bertz CT molecular complexity index is 657. The van der Waals surface area contributed by atoms with Gasteiger partial charge < -0.3 is 9.47 Å². The number of rotatable bonds is 5. The molecule has 0 saturated heterocycles. The van der Waals surface area contributed by atoms with Gasteiger partial charge in [0, 0.05) is 0 Å². The summed E-state index contributed by atoms with van der Waals surface area (Å²) in [4.78, 5) is 0. The average Bonchev–Trinajstić information content (AvgIpc) is 2.52. The maximum Gasteiger partial charge on any atom is 0.137 e. The molecule has 0 saturated carbocycles. The van der Waals surface area contributed by atoms with Crippen LogP contribution in [0.4, 0.5) is 0 Å². The van der Waals surface area contributed by atoms with Gasteiger partial charge in [-0.2, -0.15) is 5.26 Å². The molecule has 21 heavy (non-hydrogen) atoms. The summed E-state index contributed by atoms with van der Waals surface area (Å²) >= 11 is 0. The van der Waals surface area contributed by atoms with E-state index in [0.717, 1.165) is 11.3 Å². The van der Waals surface area contributed by atoms with Crippen molar-refractivity contribution in [2.75, 3.05) is 7.11 Å². The smallest absolute Gasteiger partial charge is 0.137 e. The first kappa shape index (κ1) is 14.9. The Balaban J connectivity index is 2.16. The number of hydrogen-bond acceptors (Lipinski definition) is 3. The van der Waals surface area contributed by atoms with E-state index in [-0.39, 0.29) is 0 Å². The van der Waals surface area contributed by atoms with Crippen molar-refractivity contribution in [2.45, 2.75) is 26.4 Å². The fraction of sp³-hybridized carbons (Fsp3) is 0.278. The summed E-state index contributed by atoms with van der Waals surface area (Å²) in [7, 11) is 1.56. The van der Waals surface area contributed by atoms with Crippen molar-refractivity contribution < 1.29 is 9.47 Å². The van der Waals surface area contributed by atoms with Gasteiger partial charge in [-0.25, -0.2) is 0 Å². The molecule has 0 N–H and O–H groups in total. The highest BCUT2D eigenvalue weighted by Gasteiger charge is 2.08. The van der Waals surface area contributed by atoms with Gasteiger partial charge in [0.25, 0.3) is 0 Å². The highest BCUT2D eigenvalue weighted by Crippen LogP contribution is 2.27. The molecule has 2 rings (SSSR count). The van der Waals surface area contributed by atoms with Gasteiger partial charge in [0.1, 0.15) is 24.2 Å². The number of para-hydroxylation sites is 1. The monoisotopic (exact) mass is 281 g/mol. The molecule has 3 nitrogen and oxygen atoms in total. The zero-order valence-corrected chi connectivity index (χ0v) is 12.6. The first-order chi connectivity index (χ1) is 10.2. The number of nitriles is 1. The van der Waals surface area contributed by atoms with E-state index in [9.17, 15) is 0 Å². The van der Waals surface area contributed by atoms with E-state index in [1.165, 1.54) is 5.56 Å². The molecule has 0 aliphatic heterocycles. The average molecular weight is 281 g/mol. The van der Waals surface area contributed by atoms with E-state index in [1.807, 2.05) is 30.3 Å². The SMILES string of the molecule is COc1cc(COc2ccccc2C(C)C)ccc1C#N. The summed E-state index contributed by atoms with van der Waals surface area (Å²) in [5, 5.41) is 8.98. The van der Waals surface area contributed by atoms with Crippen LogP contribution in [0.2, 0.25) is 0 Å². The van der Waals surface area contributed by atoms with Gasteiger partial charge in [0.2, 0.25) is 0 Å². The number of methoxy groups -OCH3 is 1. The highest BCUT2D eigenvalue weighted by molar-refractivity contribution is 5.45. The third kappa shape index (κ3) is 3.55. The Labute approximate surface area is 125 Å². The molecule has 2 aromatic rings. The molecule has 0 amide bonds. The fourth-order valence-electron chi connectivity index (χ4n) is 2.17. The van der Waals surface area contributed by atoms with Gasteiger partial charge >= 0.3 is 0 Å². The lowest BCUT2D eigenvalue weighted by atomic mass is 10.0. The molecular formula is C18H19NO2. The molecule has 0 fully saturated rings. The Kier molecular flexibility index (Phi) is 4.84. The zero-order chi connectivity index (χ0) is 15.2. The second kappa shape index (κ2) is 6.81. The van der Waals surface area contributed by atoms with Crippen LogP contribution >= 0.6 is 0 Å². The number of ether oxygens (including phenoxy) is 2. The normalized spacial score (nSPS) is 10.2. The second-order valence-corrected chi connectivity index (χ2v) is 5.13.